The Morgan fingerprint density at radius 1 is 0.797 bits per heavy atom. The van der Waals surface area contributed by atoms with Gasteiger partial charge in [0.15, 0.2) is 0 Å². The number of carboxylic acids is 2. The molecule has 0 aromatic carbocycles. The van der Waals surface area contributed by atoms with Crippen LogP contribution in [0.2, 0.25) is 0 Å². The number of carbonyl (C=O) groups is 11. The quantitative estimate of drug-likeness (QED) is 0.0212. The first-order chi connectivity index (χ1) is 27.6. The Labute approximate surface area is 341 Å². The molecule has 0 radical (unpaired) electrons. The van der Waals surface area contributed by atoms with Crippen molar-refractivity contribution in [2.24, 2.45) is 11.8 Å². The number of ketones is 1. The van der Waals surface area contributed by atoms with Crippen LogP contribution in [0.15, 0.2) is 12.7 Å². The molecule has 0 spiro atoms. The minimum Gasteiger partial charge on any atom is -0.481 e. The number of terminal acetylenes is 1. The Morgan fingerprint density at radius 3 is 1.85 bits per heavy atom. The zero-order chi connectivity index (χ0) is 45.0. The third-order valence-electron chi connectivity index (χ3n) is 8.87. The molecule has 0 aromatic heterocycles. The van der Waals surface area contributed by atoms with E-state index in [1.807, 2.05) is 0 Å². The van der Waals surface area contributed by atoms with Gasteiger partial charge in [-0.05, 0) is 37.5 Å². The highest BCUT2D eigenvalue weighted by atomic mass is 16.5. The number of Topliss-reactive ketones (excluding diaryl/α,β-unsaturated/α-hetero) is 1. The van der Waals surface area contributed by atoms with Crippen LogP contribution in [0, 0.1) is 24.2 Å². The Hall–Kier alpha value is -6.33. The van der Waals surface area contributed by atoms with Crippen LogP contribution < -0.4 is 31.9 Å². The fourth-order valence-corrected chi connectivity index (χ4v) is 5.81. The van der Waals surface area contributed by atoms with E-state index in [-0.39, 0.29) is 26.0 Å². The van der Waals surface area contributed by atoms with Gasteiger partial charge in [0.05, 0.1) is 0 Å². The van der Waals surface area contributed by atoms with Crippen LogP contribution in [0.1, 0.15) is 79.6 Å². The molecular formula is C38H55N7O14. The number of esters is 1. The monoisotopic (exact) mass is 833 g/mol. The number of carbonyl (C=O) groups excluding carboxylic acids is 9. The van der Waals surface area contributed by atoms with Gasteiger partial charge in [-0.3, -0.25) is 52.7 Å². The molecule has 7 amide bonds. The lowest BCUT2D eigenvalue weighted by atomic mass is 9.98. The van der Waals surface area contributed by atoms with Crippen molar-refractivity contribution in [1.29, 1.82) is 0 Å². The van der Waals surface area contributed by atoms with Gasteiger partial charge in [-0.1, -0.05) is 40.3 Å². The first-order valence-electron chi connectivity index (χ1n) is 18.9. The molecule has 0 unspecified atom stereocenters. The zero-order valence-electron chi connectivity index (χ0n) is 33.8. The van der Waals surface area contributed by atoms with Gasteiger partial charge in [0.2, 0.25) is 41.2 Å². The largest absolute Gasteiger partial charge is 0.481 e. The highest BCUT2D eigenvalue weighted by Crippen LogP contribution is 2.21. The summed E-state index contributed by atoms with van der Waals surface area (Å²) in [6.07, 6.45) is 4.91. The van der Waals surface area contributed by atoms with Crippen molar-refractivity contribution in [2.75, 3.05) is 19.7 Å². The molecule has 0 aromatic rings. The smallest absolute Gasteiger partial charge is 0.325 e. The summed E-state index contributed by atoms with van der Waals surface area (Å²) in [5.41, 5.74) is 0. The third kappa shape index (κ3) is 17.4. The van der Waals surface area contributed by atoms with Gasteiger partial charge in [-0.25, -0.2) is 0 Å². The molecule has 0 aliphatic carbocycles. The minimum absolute atomic E-state index is 0.0817. The molecule has 21 heteroatoms. The van der Waals surface area contributed by atoms with E-state index < -0.39 is 145 Å². The van der Waals surface area contributed by atoms with E-state index in [2.05, 4.69) is 44.4 Å². The van der Waals surface area contributed by atoms with Crippen molar-refractivity contribution >= 4 is 65.0 Å². The van der Waals surface area contributed by atoms with E-state index in [9.17, 15) is 57.8 Å². The highest BCUT2D eigenvalue weighted by Gasteiger charge is 2.41. The maximum atomic E-state index is 14.0. The molecule has 1 heterocycles. The minimum atomic E-state index is -1.55. The van der Waals surface area contributed by atoms with Crippen LogP contribution in [-0.2, 0) is 57.5 Å². The summed E-state index contributed by atoms with van der Waals surface area (Å²) < 4.78 is 4.74. The summed E-state index contributed by atoms with van der Waals surface area (Å²) in [6, 6.07) is -8.16. The summed E-state index contributed by atoms with van der Waals surface area (Å²) in [5, 5.41) is 32.6. The van der Waals surface area contributed by atoms with E-state index in [0.717, 1.165) is 6.92 Å². The number of nitrogens with zero attached hydrogens (tertiary/aromatic N) is 1. The van der Waals surface area contributed by atoms with E-state index in [1.54, 1.807) is 27.7 Å². The van der Waals surface area contributed by atoms with Gasteiger partial charge in [0, 0.05) is 32.7 Å². The van der Waals surface area contributed by atoms with Crippen molar-refractivity contribution in [3.05, 3.63) is 12.7 Å². The Kier molecular flexibility index (Phi) is 21.6. The number of hydrogen-bond acceptors (Lipinski definition) is 12. The molecule has 0 bridgehead atoms. The van der Waals surface area contributed by atoms with Gasteiger partial charge in [-0.15, -0.1) is 12.3 Å². The van der Waals surface area contributed by atoms with Crippen molar-refractivity contribution in [3.8, 4) is 12.3 Å². The number of aliphatic carboxylic acids is 2. The molecule has 1 saturated heterocycles. The summed E-state index contributed by atoms with van der Waals surface area (Å²) in [6.45, 7) is 10.2. The standard InChI is InChI=1S/C38H55N7O14/c1-8-11-23(32(52)37(57)39-19-29(51)59-18-9-2)41-35(55)26-12-10-17-45(26)38(58)31(21(5)6)44-36(56)30(20(3)4)43-34(54)25(14-16-28(49)50)42-33(53)24(40-22(7)46)13-15-27(47)48/h1,9,20-21,23-26,30-31H,2,10-19H2,3-7H3,(H,39,57)(H,40,46)(H,41,55)(H,42,53)(H,43,54)(H,44,56)(H,47,48)(H,49,50)/t23-,24-,25-,26-,30-,31-/m0/s1. The molecule has 21 nitrogen and oxygen atoms in total. The molecule has 1 fully saturated rings. The summed E-state index contributed by atoms with van der Waals surface area (Å²) in [7, 11) is 0. The molecule has 1 aliphatic rings. The summed E-state index contributed by atoms with van der Waals surface area (Å²) in [4.78, 5) is 140. The molecule has 59 heavy (non-hydrogen) atoms. The van der Waals surface area contributed by atoms with E-state index in [0.29, 0.717) is 6.42 Å². The molecule has 8 N–H and O–H groups in total. The van der Waals surface area contributed by atoms with Crippen molar-refractivity contribution < 1.29 is 67.7 Å². The van der Waals surface area contributed by atoms with Gasteiger partial charge < -0.3 is 51.8 Å². The van der Waals surface area contributed by atoms with Crippen LogP contribution in [0.3, 0.4) is 0 Å². The average Bonchev–Trinajstić information content (AvgIpc) is 3.66. The lowest BCUT2D eigenvalue weighted by molar-refractivity contribution is -0.145. The maximum absolute atomic E-state index is 14.0. The second-order valence-electron chi connectivity index (χ2n) is 14.3. The lowest BCUT2D eigenvalue weighted by Gasteiger charge is -2.33. The fraction of sp³-hybridized carbons (Fsp3) is 0.605. The Morgan fingerprint density at radius 2 is 1.34 bits per heavy atom. The first-order valence-corrected chi connectivity index (χ1v) is 18.9. The molecule has 0 saturated carbocycles. The van der Waals surface area contributed by atoms with Crippen molar-refractivity contribution in [2.45, 2.75) is 116 Å². The number of ether oxygens (including phenoxy) is 1. The van der Waals surface area contributed by atoms with Crippen LogP contribution >= 0.6 is 0 Å². The van der Waals surface area contributed by atoms with Crippen molar-refractivity contribution in [3.63, 3.8) is 0 Å². The fourth-order valence-electron chi connectivity index (χ4n) is 5.81. The predicted octanol–water partition coefficient (Wildman–Crippen LogP) is -2.10. The van der Waals surface area contributed by atoms with Gasteiger partial charge in [-0.2, -0.15) is 0 Å². The van der Waals surface area contributed by atoms with E-state index >= 15 is 0 Å². The SMILES string of the molecule is C#CC[C@H](NC(=O)[C@@H]1CCCN1C(=O)[C@@H](NC(=O)[C@@H](NC(=O)[C@H](CCC(=O)O)NC(=O)[C@H](CCC(=O)O)NC(C)=O)C(C)C)C(C)C)C(=O)C(=O)NCC(=O)OCC=C. The van der Waals surface area contributed by atoms with Crippen LogP contribution in [0.4, 0.5) is 0 Å². The van der Waals surface area contributed by atoms with Gasteiger partial charge in [0.25, 0.3) is 5.91 Å². The topological polar surface area (TPSA) is 313 Å². The number of rotatable bonds is 25. The average molecular weight is 834 g/mol. The normalized spacial score (nSPS) is 15.8. The number of amides is 7. The van der Waals surface area contributed by atoms with Gasteiger partial charge >= 0.3 is 17.9 Å². The highest BCUT2D eigenvalue weighted by molar-refractivity contribution is 6.38. The third-order valence-corrected chi connectivity index (χ3v) is 8.87. The molecule has 326 valence electrons. The number of likely N-dealkylation sites (tertiary alicyclic amines) is 1. The van der Waals surface area contributed by atoms with Crippen molar-refractivity contribution in [1.82, 2.24) is 36.8 Å². The second-order valence-corrected chi connectivity index (χ2v) is 14.3. The number of carboxylic acid groups (broad SMARTS) is 2. The molecule has 1 rings (SSSR count). The lowest BCUT2D eigenvalue weighted by Crippen LogP contribution is -2.61. The molecule has 1 aliphatic heterocycles. The predicted molar refractivity (Wildman–Crippen MR) is 206 cm³/mol. The van der Waals surface area contributed by atoms with Crippen LogP contribution in [-0.4, -0.2) is 136 Å². The summed E-state index contributed by atoms with van der Waals surface area (Å²) in [5.74, 6) is -9.69. The summed E-state index contributed by atoms with van der Waals surface area (Å²) >= 11 is 0. The molecule has 6 atom stereocenters. The van der Waals surface area contributed by atoms with E-state index in [4.69, 9.17) is 16.3 Å². The van der Waals surface area contributed by atoms with E-state index in [1.165, 1.54) is 11.0 Å². The molecular weight excluding hydrogens is 778 g/mol. The number of nitrogens with one attached hydrogen (secondary N) is 6. The zero-order valence-corrected chi connectivity index (χ0v) is 33.8. The second kappa shape index (κ2) is 25.1. The van der Waals surface area contributed by atoms with Crippen LogP contribution in [0.5, 0.6) is 0 Å². The van der Waals surface area contributed by atoms with Crippen LogP contribution in [0.25, 0.3) is 0 Å². The maximum Gasteiger partial charge on any atom is 0.325 e. The Balaban J connectivity index is 3.20. The number of hydrogen-bond donors (Lipinski definition) is 8. The first kappa shape index (κ1) is 50.7. The Bertz CT molecular complexity index is 1660. The van der Waals surface area contributed by atoms with Gasteiger partial charge in [0.1, 0.15) is 49.4 Å².